The van der Waals surface area contributed by atoms with Crippen LogP contribution in [0, 0.1) is 0 Å². The van der Waals surface area contributed by atoms with E-state index in [9.17, 15) is 8.78 Å². The van der Waals surface area contributed by atoms with E-state index in [1.165, 1.54) is 18.0 Å². The van der Waals surface area contributed by atoms with Crippen LogP contribution in [0.3, 0.4) is 0 Å². The molecule has 2 N–H and O–H groups in total. The number of guanidine groups is 1. The summed E-state index contributed by atoms with van der Waals surface area (Å²) in [5.41, 5.74) is 1.29. The van der Waals surface area contributed by atoms with Gasteiger partial charge in [-0.15, -0.1) is 0 Å². The Labute approximate surface area is 140 Å². The number of nitrogens with one attached hydrogen (secondary N) is 2. The van der Waals surface area contributed by atoms with Crippen molar-refractivity contribution in [3.63, 3.8) is 0 Å². The van der Waals surface area contributed by atoms with Crippen molar-refractivity contribution in [1.29, 1.82) is 0 Å². The normalized spacial score (nSPS) is 11.8. The maximum absolute atomic E-state index is 12.8. The topological polar surface area (TPSA) is 54.2 Å². The number of rotatable bonds is 8. The van der Waals surface area contributed by atoms with Gasteiger partial charge in [-0.2, -0.15) is 8.78 Å². The summed E-state index contributed by atoms with van der Waals surface area (Å²) in [5.74, 6) is 0.848. The van der Waals surface area contributed by atoms with Crippen molar-refractivity contribution >= 4 is 5.96 Å². The Morgan fingerprint density at radius 1 is 1.25 bits per heavy atom. The largest absolute Gasteiger partial charge is 0.357 e. The molecule has 0 spiro atoms. The van der Waals surface area contributed by atoms with E-state index in [2.05, 4.69) is 32.7 Å². The van der Waals surface area contributed by atoms with E-state index in [4.69, 9.17) is 0 Å². The van der Waals surface area contributed by atoms with Crippen LogP contribution in [0.1, 0.15) is 31.3 Å². The molecular weight excluding hydrogens is 312 g/mol. The van der Waals surface area contributed by atoms with Gasteiger partial charge in [0, 0.05) is 25.5 Å². The van der Waals surface area contributed by atoms with Crippen molar-refractivity contribution in [3.05, 3.63) is 54.1 Å². The summed E-state index contributed by atoms with van der Waals surface area (Å²) in [7, 11) is 0. The molecule has 2 aromatic rings. The summed E-state index contributed by atoms with van der Waals surface area (Å²) in [4.78, 5) is 8.25. The molecule has 0 amide bonds. The first-order chi connectivity index (χ1) is 11.7. The second-order valence-corrected chi connectivity index (χ2v) is 5.24. The second kappa shape index (κ2) is 9.64. The van der Waals surface area contributed by atoms with E-state index in [-0.39, 0.29) is 12.4 Å². The maximum atomic E-state index is 12.8. The van der Waals surface area contributed by atoms with Crippen LogP contribution in [0.15, 0.2) is 47.7 Å². The zero-order valence-electron chi connectivity index (χ0n) is 13.8. The van der Waals surface area contributed by atoms with E-state index in [0.29, 0.717) is 12.5 Å². The number of aryl methyl sites for hydroxylation is 1. The molecule has 1 aromatic heterocycles. The van der Waals surface area contributed by atoms with Crippen LogP contribution in [0.4, 0.5) is 8.78 Å². The van der Waals surface area contributed by atoms with E-state index < -0.39 is 6.55 Å². The van der Waals surface area contributed by atoms with Crippen LogP contribution in [0.5, 0.6) is 0 Å². The van der Waals surface area contributed by atoms with Crippen molar-refractivity contribution in [2.24, 2.45) is 4.99 Å². The zero-order valence-corrected chi connectivity index (χ0v) is 13.8. The highest BCUT2D eigenvalue weighted by atomic mass is 19.3. The number of benzene rings is 1. The Hall–Kier alpha value is -2.44. The van der Waals surface area contributed by atoms with Gasteiger partial charge in [0.1, 0.15) is 12.4 Å². The van der Waals surface area contributed by atoms with Gasteiger partial charge in [0.2, 0.25) is 0 Å². The van der Waals surface area contributed by atoms with E-state index >= 15 is 0 Å². The molecule has 2 rings (SSSR count). The number of aliphatic imine (C=N–C) groups is 1. The second-order valence-electron chi connectivity index (χ2n) is 5.24. The number of imidazole rings is 1. The van der Waals surface area contributed by atoms with Crippen molar-refractivity contribution in [2.45, 2.75) is 32.9 Å². The Kier molecular flexibility index (Phi) is 7.20. The Morgan fingerprint density at radius 2 is 2.04 bits per heavy atom. The van der Waals surface area contributed by atoms with Gasteiger partial charge < -0.3 is 10.6 Å². The Morgan fingerprint density at radius 3 is 2.75 bits per heavy atom. The molecule has 0 saturated heterocycles. The third-order valence-corrected chi connectivity index (χ3v) is 3.46. The molecule has 7 heteroatoms. The minimum Gasteiger partial charge on any atom is -0.357 e. The molecule has 0 radical (unpaired) electrons. The standard InChI is InChI=1S/C17H23F2N5/c1-2-20-17(22-10-6-9-14-7-4-3-5-8-14)23-13-15-21-11-12-24(15)16(18)19/h3-5,7-8,11-12,16H,2,6,9-10,13H2,1H3,(H2,20,22,23). The minimum atomic E-state index is -2.60. The van der Waals surface area contributed by atoms with Gasteiger partial charge in [-0.1, -0.05) is 30.3 Å². The molecule has 1 heterocycles. The van der Waals surface area contributed by atoms with Gasteiger partial charge in [-0.25, -0.2) is 9.98 Å². The summed E-state index contributed by atoms with van der Waals surface area (Å²) in [6.45, 7) is 0.920. The van der Waals surface area contributed by atoms with Crippen molar-refractivity contribution in [3.8, 4) is 0 Å². The summed E-state index contributed by atoms with van der Waals surface area (Å²) in [6, 6.07) is 10.3. The first kappa shape index (κ1) is 17.9. The van der Waals surface area contributed by atoms with E-state index in [0.717, 1.165) is 24.0 Å². The van der Waals surface area contributed by atoms with Crippen LogP contribution < -0.4 is 10.6 Å². The molecule has 0 fully saturated rings. The lowest BCUT2D eigenvalue weighted by Crippen LogP contribution is -2.38. The van der Waals surface area contributed by atoms with Crippen LogP contribution in [-0.2, 0) is 13.0 Å². The Bertz CT molecular complexity index is 625. The summed E-state index contributed by atoms with van der Waals surface area (Å²) < 4.78 is 26.4. The van der Waals surface area contributed by atoms with Crippen molar-refractivity contribution in [1.82, 2.24) is 20.2 Å². The van der Waals surface area contributed by atoms with Gasteiger partial charge in [-0.05, 0) is 25.3 Å². The van der Waals surface area contributed by atoms with Crippen LogP contribution in [0.2, 0.25) is 0 Å². The van der Waals surface area contributed by atoms with Crippen LogP contribution >= 0.6 is 0 Å². The van der Waals surface area contributed by atoms with Gasteiger partial charge in [0.25, 0.3) is 0 Å². The quantitative estimate of drug-likeness (QED) is 0.443. The van der Waals surface area contributed by atoms with Gasteiger partial charge in [0.15, 0.2) is 5.96 Å². The molecule has 0 aliphatic carbocycles. The molecule has 5 nitrogen and oxygen atoms in total. The number of hydrogen-bond donors (Lipinski definition) is 2. The van der Waals surface area contributed by atoms with E-state index in [1.54, 1.807) is 0 Å². The summed E-state index contributed by atoms with van der Waals surface area (Å²) in [6.07, 6.45) is 4.55. The molecule has 0 aliphatic rings. The van der Waals surface area contributed by atoms with Gasteiger partial charge >= 0.3 is 6.55 Å². The minimum absolute atomic E-state index is 0.103. The highest BCUT2D eigenvalue weighted by molar-refractivity contribution is 5.79. The Balaban J connectivity index is 1.83. The third kappa shape index (κ3) is 5.64. The third-order valence-electron chi connectivity index (χ3n) is 3.46. The number of aromatic nitrogens is 2. The lowest BCUT2D eigenvalue weighted by molar-refractivity contribution is 0.0671. The zero-order chi connectivity index (χ0) is 17.2. The number of alkyl halides is 2. The molecule has 24 heavy (non-hydrogen) atoms. The average Bonchev–Trinajstić information content (AvgIpc) is 3.06. The molecule has 0 atom stereocenters. The molecular formula is C17H23F2N5. The summed E-state index contributed by atoms with van der Waals surface area (Å²) >= 11 is 0. The molecule has 0 bridgehead atoms. The van der Waals surface area contributed by atoms with Gasteiger partial charge in [0.05, 0.1) is 0 Å². The lowest BCUT2D eigenvalue weighted by Gasteiger charge is -2.11. The van der Waals surface area contributed by atoms with Crippen molar-refractivity contribution in [2.75, 3.05) is 13.1 Å². The molecule has 0 saturated carbocycles. The fourth-order valence-corrected chi connectivity index (χ4v) is 2.28. The highest BCUT2D eigenvalue weighted by Gasteiger charge is 2.10. The average molecular weight is 335 g/mol. The SMILES string of the molecule is CCNC(=NCc1nccn1C(F)F)NCCCc1ccccc1. The van der Waals surface area contributed by atoms with E-state index in [1.807, 2.05) is 25.1 Å². The lowest BCUT2D eigenvalue weighted by atomic mass is 10.1. The fourth-order valence-electron chi connectivity index (χ4n) is 2.28. The molecule has 0 unspecified atom stereocenters. The van der Waals surface area contributed by atoms with Crippen LogP contribution in [0.25, 0.3) is 0 Å². The van der Waals surface area contributed by atoms with Gasteiger partial charge in [-0.3, -0.25) is 4.57 Å². The molecule has 0 aliphatic heterocycles. The smallest absolute Gasteiger partial charge is 0.319 e. The van der Waals surface area contributed by atoms with Crippen molar-refractivity contribution < 1.29 is 8.78 Å². The monoisotopic (exact) mass is 335 g/mol. The number of hydrogen-bond acceptors (Lipinski definition) is 2. The number of nitrogens with zero attached hydrogens (tertiary/aromatic N) is 3. The highest BCUT2D eigenvalue weighted by Crippen LogP contribution is 2.12. The summed E-state index contributed by atoms with van der Waals surface area (Å²) in [5, 5.41) is 6.32. The molecule has 1 aromatic carbocycles. The maximum Gasteiger partial charge on any atom is 0.319 e. The predicted molar refractivity (Wildman–Crippen MR) is 91.1 cm³/mol. The molecule has 130 valence electrons. The van der Waals surface area contributed by atoms with Crippen LogP contribution in [-0.4, -0.2) is 28.6 Å². The first-order valence-electron chi connectivity index (χ1n) is 8.06. The first-order valence-corrected chi connectivity index (χ1v) is 8.06. The predicted octanol–water partition coefficient (Wildman–Crippen LogP) is 2.97. The number of halogens is 2. The fraction of sp³-hybridized carbons (Fsp3) is 0.412.